The second-order valence-corrected chi connectivity index (χ2v) is 14.4. The highest BCUT2D eigenvalue weighted by molar-refractivity contribution is 6.19. The maximum atomic E-state index is 6.61. The minimum atomic E-state index is 0.848. The van der Waals surface area contributed by atoms with Crippen molar-refractivity contribution in [3.8, 4) is 22.3 Å². The Morgan fingerprint density at radius 2 is 0.911 bits per heavy atom. The van der Waals surface area contributed by atoms with Crippen molar-refractivity contribution in [1.82, 2.24) is 0 Å². The predicted molar refractivity (Wildman–Crippen MR) is 231 cm³/mol. The van der Waals surface area contributed by atoms with Crippen molar-refractivity contribution in [2.45, 2.75) is 0 Å². The van der Waals surface area contributed by atoms with Gasteiger partial charge in [0, 0.05) is 49.1 Å². The molecule has 12 aromatic rings. The van der Waals surface area contributed by atoms with E-state index >= 15 is 0 Å². The lowest BCUT2D eigenvalue weighted by Crippen LogP contribution is -2.10. The Bertz CT molecular complexity index is 3470. The molecule has 0 amide bonds. The number of hydrogen-bond donors (Lipinski definition) is 0. The maximum absolute atomic E-state index is 6.61. The maximum Gasteiger partial charge on any atom is 0.159 e. The van der Waals surface area contributed by atoms with Gasteiger partial charge in [0.05, 0.1) is 5.69 Å². The first-order valence-electron chi connectivity index (χ1n) is 18.9. The van der Waals surface area contributed by atoms with E-state index in [9.17, 15) is 0 Å². The van der Waals surface area contributed by atoms with Crippen molar-refractivity contribution in [1.29, 1.82) is 0 Å². The molecule has 0 radical (unpaired) electrons. The zero-order chi connectivity index (χ0) is 36.7. The van der Waals surface area contributed by atoms with Crippen LogP contribution in [0.1, 0.15) is 0 Å². The molecular formula is C52H31NO3. The molecule has 3 heterocycles. The Balaban J connectivity index is 0.993. The van der Waals surface area contributed by atoms with Gasteiger partial charge in [0.2, 0.25) is 0 Å². The van der Waals surface area contributed by atoms with E-state index in [4.69, 9.17) is 13.3 Å². The van der Waals surface area contributed by atoms with Gasteiger partial charge >= 0.3 is 0 Å². The van der Waals surface area contributed by atoms with Crippen LogP contribution in [0.2, 0.25) is 0 Å². The van der Waals surface area contributed by atoms with Gasteiger partial charge < -0.3 is 18.2 Å². The lowest BCUT2D eigenvalue weighted by atomic mass is 9.98. The summed E-state index contributed by atoms with van der Waals surface area (Å²) in [6, 6.07) is 66.1. The Labute approximate surface area is 321 Å². The van der Waals surface area contributed by atoms with E-state index in [0.29, 0.717) is 0 Å². The van der Waals surface area contributed by atoms with E-state index in [0.717, 1.165) is 111 Å². The second kappa shape index (κ2) is 12.0. The lowest BCUT2D eigenvalue weighted by Gasteiger charge is -2.26. The molecule has 0 unspecified atom stereocenters. The SMILES string of the molecule is c1ccc2c(c1)ccc1c2oc2cccc(-c3ccc(N(c4ccc(-c5ccc6oc7ccccc7c6c5)cc4)c4cccc5c4oc4ccccc45)cc3)c21. The van der Waals surface area contributed by atoms with E-state index in [1.165, 1.54) is 5.39 Å². The van der Waals surface area contributed by atoms with Crippen molar-refractivity contribution in [3.05, 3.63) is 188 Å². The van der Waals surface area contributed by atoms with Crippen molar-refractivity contribution in [2.75, 3.05) is 4.90 Å². The van der Waals surface area contributed by atoms with Crippen LogP contribution >= 0.6 is 0 Å². The van der Waals surface area contributed by atoms with Crippen LogP contribution in [-0.4, -0.2) is 0 Å². The largest absolute Gasteiger partial charge is 0.456 e. The predicted octanol–water partition coefficient (Wildman–Crippen LogP) is 15.3. The summed E-state index contributed by atoms with van der Waals surface area (Å²) in [7, 11) is 0. The fourth-order valence-electron chi connectivity index (χ4n) is 8.63. The monoisotopic (exact) mass is 717 g/mol. The molecule has 0 saturated carbocycles. The molecule has 0 N–H and O–H groups in total. The Kier molecular flexibility index (Phi) is 6.60. The molecule has 56 heavy (non-hydrogen) atoms. The van der Waals surface area contributed by atoms with Crippen molar-refractivity contribution >= 4 is 93.7 Å². The van der Waals surface area contributed by atoms with Crippen LogP contribution in [0.15, 0.2) is 201 Å². The van der Waals surface area contributed by atoms with Crippen LogP contribution < -0.4 is 4.90 Å². The molecule has 4 nitrogen and oxygen atoms in total. The second-order valence-electron chi connectivity index (χ2n) is 14.4. The first-order valence-corrected chi connectivity index (χ1v) is 18.9. The smallest absolute Gasteiger partial charge is 0.159 e. The third-order valence-corrected chi connectivity index (χ3v) is 11.3. The molecule has 0 aliphatic rings. The molecule has 0 bridgehead atoms. The summed E-state index contributed by atoms with van der Waals surface area (Å²) in [6.07, 6.45) is 0. The number of benzene rings is 9. The normalized spacial score (nSPS) is 11.9. The number of furan rings is 3. The minimum absolute atomic E-state index is 0.848. The highest BCUT2D eigenvalue weighted by Gasteiger charge is 2.21. The molecule has 262 valence electrons. The van der Waals surface area contributed by atoms with Gasteiger partial charge in [-0.25, -0.2) is 0 Å². The summed E-state index contributed by atoms with van der Waals surface area (Å²) < 4.78 is 19.3. The molecule has 0 spiro atoms. The Hall–Kier alpha value is -7.56. The highest BCUT2D eigenvalue weighted by Crippen LogP contribution is 2.44. The Morgan fingerprint density at radius 3 is 1.71 bits per heavy atom. The van der Waals surface area contributed by atoms with Crippen LogP contribution in [0.4, 0.5) is 17.1 Å². The number of nitrogens with zero attached hydrogens (tertiary/aromatic N) is 1. The van der Waals surface area contributed by atoms with Gasteiger partial charge in [-0.1, -0.05) is 121 Å². The third-order valence-electron chi connectivity index (χ3n) is 11.3. The number of fused-ring (bicyclic) bond motifs is 11. The van der Waals surface area contributed by atoms with Crippen molar-refractivity contribution in [3.63, 3.8) is 0 Å². The van der Waals surface area contributed by atoms with E-state index in [1.54, 1.807) is 0 Å². The van der Waals surface area contributed by atoms with Gasteiger partial charge in [-0.05, 0) is 94.4 Å². The molecule has 4 heteroatoms. The van der Waals surface area contributed by atoms with E-state index < -0.39 is 0 Å². The number of anilines is 3. The topological polar surface area (TPSA) is 42.7 Å². The summed E-state index contributed by atoms with van der Waals surface area (Å²) in [5.41, 5.74) is 12.9. The highest BCUT2D eigenvalue weighted by atomic mass is 16.3. The van der Waals surface area contributed by atoms with E-state index in [2.05, 4.69) is 169 Å². The fourth-order valence-corrected chi connectivity index (χ4v) is 8.63. The van der Waals surface area contributed by atoms with Gasteiger partial charge in [-0.15, -0.1) is 0 Å². The molecule has 12 rings (SSSR count). The molecule has 0 aliphatic carbocycles. The first-order chi connectivity index (χ1) is 27.7. The average molecular weight is 718 g/mol. The Morgan fingerprint density at radius 1 is 0.321 bits per heavy atom. The molecule has 0 saturated heterocycles. The summed E-state index contributed by atoms with van der Waals surface area (Å²) >= 11 is 0. The van der Waals surface area contributed by atoms with Gasteiger partial charge in [-0.3, -0.25) is 0 Å². The van der Waals surface area contributed by atoms with Gasteiger partial charge in [0.25, 0.3) is 0 Å². The zero-order valence-electron chi connectivity index (χ0n) is 30.1. The van der Waals surface area contributed by atoms with Gasteiger partial charge in [0.1, 0.15) is 27.9 Å². The van der Waals surface area contributed by atoms with Crippen molar-refractivity contribution in [2.24, 2.45) is 0 Å². The molecule has 9 aromatic carbocycles. The summed E-state index contributed by atoms with van der Waals surface area (Å²) in [6.45, 7) is 0. The molecule has 0 atom stereocenters. The van der Waals surface area contributed by atoms with Crippen LogP contribution in [0.5, 0.6) is 0 Å². The van der Waals surface area contributed by atoms with Gasteiger partial charge in [-0.2, -0.15) is 0 Å². The first kappa shape index (κ1) is 30.9. The van der Waals surface area contributed by atoms with Crippen LogP contribution in [-0.2, 0) is 0 Å². The summed E-state index contributed by atoms with van der Waals surface area (Å²) in [5.74, 6) is 0. The quantitative estimate of drug-likeness (QED) is 0.178. The number of hydrogen-bond acceptors (Lipinski definition) is 4. The molecule has 0 aliphatic heterocycles. The van der Waals surface area contributed by atoms with E-state index in [-0.39, 0.29) is 0 Å². The molecule has 3 aromatic heterocycles. The van der Waals surface area contributed by atoms with Crippen LogP contribution in [0.25, 0.3) is 98.8 Å². The summed E-state index contributed by atoms with van der Waals surface area (Å²) in [5, 5.41) is 8.98. The molecule has 0 fully saturated rings. The number of para-hydroxylation sites is 3. The standard InChI is InChI=1S/C52H31NO3/c1-2-10-39-33(9-1)23-29-43-50-38(13-8-18-49(50)56-51(39)43)34-21-27-37(28-22-34)53(45-15-7-14-42-40-11-3-6-17-47(40)55-52(42)45)36-25-19-32(20-26-36)35-24-30-48-44(31-35)41-12-4-5-16-46(41)54-48/h1-31H. The number of rotatable bonds is 5. The third kappa shape index (κ3) is 4.66. The lowest BCUT2D eigenvalue weighted by molar-refractivity contribution is 0.668. The van der Waals surface area contributed by atoms with Crippen LogP contribution in [0, 0.1) is 0 Å². The van der Waals surface area contributed by atoms with E-state index in [1.807, 2.05) is 24.3 Å². The minimum Gasteiger partial charge on any atom is -0.456 e. The van der Waals surface area contributed by atoms with Gasteiger partial charge in [0.15, 0.2) is 5.58 Å². The fraction of sp³-hybridized carbons (Fsp3) is 0. The van der Waals surface area contributed by atoms with Crippen LogP contribution in [0.3, 0.4) is 0 Å². The summed E-state index contributed by atoms with van der Waals surface area (Å²) in [4.78, 5) is 2.30. The average Bonchev–Trinajstić information content (AvgIpc) is 3.96. The zero-order valence-corrected chi connectivity index (χ0v) is 30.1. The van der Waals surface area contributed by atoms with Crippen molar-refractivity contribution < 1.29 is 13.3 Å². The molecular weight excluding hydrogens is 687 g/mol.